The summed E-state index contributed by atoms with van der Waals surface area (Å²) in [5.74, 6) is -0.498. The first-order valence-electron chi connectivity index (χ1n) is 5.11. The van der Waals surface area contributed by atoms with Gasteiger partial charge in [0.2, 0.25) is 0 Å². The van der Waals surface area contributed by atoms with Gasteiger partial charge in [0.05, 0.1) is 0 Å². The van der Waals surface area contributed by atoms with E-state index < -0.39 is 11.5 Å². The molecule has 0 saturated carbocycles. The van der Waals surface area contributed by atoms with Gasteiger partial charge < -0.3 is 5.73 Å². The first-order chi connectivity index (χ1) is 6.94. The molecule has 0 heterocycles. The Labute approximate surface area is 89.3 Å². The lowest BCUT2D eigenvalue weighted by Gasteiger charge is -2.25. The van der Waals surface area contributed by atoms with Gasteiger partial charge in [0.15, 0.2) is 5.67 Å². The predicted molar refractivity (Wildman–Crippen MR) is 58.0 cm³/mol. The Morgan fingerprint density at radius 3 is 2.33 bits per heavy atom. The SMILES string of the molecule is CCC(F)(CN)c1c(C)cc(C)cc1F. The second-order valence-corrected chi connectivity index (χ2v) is 3.96. The molecule has 0 radical (unpaired) electrons. The summed E-state index contributed by atoms with van der Waals surface area (Å²) in [5.41, 5.74) is 5.17. The third kappa shape index (κ3) is 2.17. The second kappa shape index (κ2) is 4.27. The largest absolute Gasteiger partial charge is 0.327 e. The van der Waals surface area contributed by atoms with Crippen LogP contribution in [0.25, 0.3) is 0 Å². The van der Waals surface area contributed by atoms with E-state index in [-0.39, 0.29) is 18.5 Å². The smallest absolute Gasteiger partial charge is 0.150 e. The molecule has 0 spiro atoms. The fourth-order valence-corrected chi connectivity index (χ4v) is 1.91. The molecule has 0 aliphatic carbocycles. The quantitative estimate of drug-likeness (QED) is 0.820. The van der Waals surface area contributed by atoms with E-state index in [2.05, 4.69) is 0 Å². The topological polar surface area (TPSA) is 26.0 Å². The van der Waals surface area contributed by atoms with Crippen LogP contribution >= 0.6 is 0 Å². The Hall–Kier alpha value is -0.960. The van der Waals surface area contributed by atoms with Crippen molar-refractivity contribution in [3.8, 4) is 0 Å². The molecule has 1 unspecified atom stereocenters. The fourth-order valence-electron chi connectivity index (χ4n) is 1.91. The summed E-state index contributed by atoms with van der Waals surface area (Å²) in [6.45, 7) is 4.98. The van der Waals surface area contributed by atoms with Crippen molar-refractivity contribution in [1.29, 1.82) is 0 Å². The summed E-state index contributed by atoms with van der Waals surface area (Å²) in [5, 5.41) is 0. The van der Waals surface area contributed by atoms with Crippen molar-refractivity contribution in [3.05, 3.63) is 34.6 Å². The molecule has 15 heavy (non-hydrogen) atoms. The van der Waals surface area contributed by atoms with Crippen LogP contribution in [0.2, 0.25) is 0 Å². The van der Waals surface area contributed by atoms with Gasteiger partial charge in [-0.1, -0.05) is 13.0 Å². The highest BCUT2D eigenvalue weighted by Gasteiger charge is 2.32. The molecule has 0 aliphatic heterocycles. The van der Waals surface area contributed by atoms with E-state index in [0.717, 1.165) is 5.56 Å². The number of alkyl halides is 1. The number of benzene rings is 1. The number of aryl methyl sites for hydroxylation is 2. The highest BCUT2D eigenvalue weighted by molar-refractivity contribution is 5.36. The van der Waals surface area contributed by atoms with Crippen LogP contribution in [0.4, 0.5) is 8.78 Å². The average molecular weight is 213 g/mol. The van der Waals surface area contributed by atoms with Gasteiger partial charge in [0, 0.05) is 12.1 Å². The minimum atomic E-state index is -1.75. The summed E-state index contributed by atoms with van der Waals surface area (Å²) in [4.78, 5) is 0. The first kappa shape index (κ1) is 12.1. The van der Waals surface area contributed by atoms with Crippen LogP contribution in [0, 0.1) is 19.7 Å². The number of hydrogen-bond acceptors (Lipinski definition) is 1. The van der Waals surface area contributed by atoms with Crippen molar-refractivity contribution < 1.29 is 8.78 Å². The number of rotatable bonds is 3. The van der Waals surface area contributed by atoms with Crippen LogP contribution in [0.15, 0.2) is 12.1 Å². The van der Waals surface area contributed by atoms with Crippen molar-refractivity contribution in [3.63, 3.8) is 0 Å². The van der Waals surface area contributed by atoms with Crippen LogP contribution in [0.5, 0.6) is 0 Å². The monoisotopic (exact) mass is 213 g/mol. The predicted octanol–water partition coefficient (Wildman–Crippen LogP) is 2.98. The Balaban J connectivity index is 3.36. The van der Waals surface area contributed by atoms with Gasteiger partial charge in [-0.2, -0.15) is 0 Å². The van der Waals surface area contributed by atoms with Crippen molar-refractivity contribution in [2.75, 3.05) is 6.54 Å². The molecule has 0 bridgehead atoms. The average Bonchev–Trinajstić information content (AvgIpc) is 2.15. The van der Waals surface area contributed by atoms with Crippen molar-refractivity contribution in [2.45, 2.75) is 32.9 Å². The van der Waals surface area contributed by atoms with Gasteiger partial charge in [-0.3, -0.25) is 0 Å². The zero-order valence-electron chi connectivity index (χ0n) is 9.40. The number of halogens is 2. The molecular weight excluding hydrogens is 196 g/mol. The molecule has 1 rings (SSSR count). The Bertz CT molecular complexity index is 334. The van der Waals surface area contributed by atoms with E-state index in [0.29, 0.717) is 5.56 Å². The Morgan fingerprint density at radius 1 is 1.33 bits per heavy atom. The Kier molecular flexibility index (Phi) is 3.45. The summed E-state index contributed by atoms with van der Waals surface area (Å²) in [6, 6.07) is 3.13. The second-order valence-electron chi connectivity index (χ2n) is 3.96. The Morgan fingerprint density at radius 2 is 1.93 bits per heavy atom. The third-order valence-electron chi connectivity index (χ3n) is 2.76. The third-order valence-corrected chi connectivity index (χ3v) is 2.76. The van der Waals surface area contributed by atoms with Crippen molar-refractivity contribution in [1.82, 2.24) is 0 Å². The standard InChI is InChI=1S/C12H17F2N/c1-4-12(14,7-15)11-9(3)5-8(2)6-10(11)13/h5-6H,4,7,15H2,1-3H3. The minimum Gasteiger partial charge on any atom is -0.327 e. The minimum absolute atomic E-state index is 0.109. The van der Waals surface area contributed by atoms with Gasteiger partial charge >= 0.3 is 0 Å². The van der Waals surface area contributed by atoms with E-state index in [1.165, 1.54) is 6.07 Å². The lowest BCUT2D eigenvalue weighted by molar-refractivity contribution is 0.161. The summed E-state index contributed by atoms with van der Waals surface area (Å²) in [7, 11) is 0. The van der Waals surface area contributed by atoms with Crippen molar-refractivity contribution in [2.24, 2.45) is 5.73 Å². The molecule has 0 saturated heterocycles. The van der Waals surface area contributed by atoms with Gasteiger partial charge in [0.25, 0.3) is 0 Å². The molecule has 0 aliphatic rings. The fraction of sp³-hybridized carbons (Fsp3) is 0.500. The van der Waals surface area contributed by atoms with Crippen LogP contribution in [-0.2, 0) is 5.67 Å². The van der Waals surface area contributed by atoms with Gasteiger partial charge in [-0.15, -0.1) is 0 Å². The maximum Gasteiger partial charge on any atom is 0.150 e. The highest BCUT2D eigenvalue weighted by Crippen LogP contribution is 2.33. The maximum atomic E-state index is 14.3. The van der Waals surface area contributed by atoms with Crippen molar-refractivity contribution >= 4 is 0 Å². The lowest BCUT2D eigenvalue weighted by atomic mass is 9.88. The van der Waals surface area contributed by atoms with E-state index in [1.807, 2.05) is 0 Å². The molecule has 0 amide bonds. The molecule has 1 atom stereocenters. The van der Waals surface area contributed by atoms with Crippen LogP contribution in [-0.4, -0.2) is 6.54 Å². The molecule has 1 nitrogen and oxygen atoms in total. The van der Waals surface area contributed by atoms with E-state index in [9.17, 15) is 8.78 Å². The molecular formula is C12H17F2N. The zero-order chi connectivity index (χ0) is 11.6. The summed E-state index contributed by atoms with van der Waals surface area (Å²) < 4.78 is 28.0. The van der Waals surface area contributed by atoms with E-state index in [1.54, 1.807) is 26.8 Å². The zero-order valence-corrected chi connectivity index (χ0v) is 9.40. The van der Waals surface area contributed by atoms with E-state index >= 15 is 0 Å². The molecule has 3 heteroatoms. The van der Waals surface area contributed by atoms with Crippen LogP contribution in [0.1, 0.15) is 30.0 Å². The van der Waals surface area contributed by atoms with Gasteiger partial charge in [-0.25, -0.2) is 8.78 Å². The lowest BCUT2D eigenvalue weighted by Crippen LogP contribution is -2.31. The summed E-state index contributed by atoms with van der Waals surface area (Å²) in [6.07, 6.45) is 0.185. The van der Waals surface area contributed by atoms with E-state index in [4.69, 9.17) is 5.73 Å². The molecule has 0 fully saturated rings. The van der Waals surface area contributed by atoms with Crippen LogP contribution < -0.4 is 5.73 Å². The molecule has 2 N–H and O–H groups in total. The normalized spacial score (nSPS) is 15.1. The molecule has 1 aromatic carbocycles. The summed E-state index contributed by atoms with van der Waals surface area (Å²) >= 11 is 0. The van der Waals surface area contributed by atoms with Gasteiger partial charge in [-0.05, 0) is 37.5 Å². The maximum absolute atomic E-state index is 14.3. The van der Waals surface area contributed by atoms with Gasteiger partial charge in [0.1, 0.15) is 5.82 Å². The number of nitrogens with two attached hydrogens (primary N) is 1. The molecule has 0 aromatic heterocycles. The molecule has 84 valence electrons. The number of hydrogen-bond donors (Lipinski definition) is 1. The molecule has 1 aromatic rings. The first-order valence-corrected chi connectivity index (χ1v) is 5.11. The van der Waals surface area contributed by atoms with Crippen LogP contribution in [0.3, 0.4) is 0 Å². The highest BCUT2D eigenvalue weighted by atomic mass is 19.1.